The van der Waals surface area contributed by atoms with Crippen molar-refractivity contribution < 1.29 is 17.7 Å². The lowest BCUT2D eigenvalue weighted by Gasteiger charge is -2.34. The maximum absolute atomic E-state index is 12.1. The summed E-state index contributed by atoms with van der Waals surface area (Å²) in [6.07, 6.45) is 2.66. The lowest BCUT2D eigenvalue weighted by Crippen LogP contribution is -2.44. The van der Waals surface area contributed by atoms with Crippen LogP contribution in [0, 0.1) is 0 Å². The predicted octanol–water partition coefficient (Wildman–Crippen LogP) is 0.991. The van der Waals surface area contributed by atoms with Gasteiger partial charge in [-0.3, -0.25) is 0 Å². The first-order valence-corrected chi connectivity index (χ1v) is 8.63. The molecule has 1 aromatic heterocycles. The summed E-state index contributed by atoms with van der Waals surface area (Å²) in [5, 5.41) is 3.93. The minimum absolute atomic E-state index is 0.00542. The third-order valence-corrected chi connectivity index (χ3v) is 5.52. The summed E-state index contributed by atoms with van der Waals surface area (Å²) in [5.74, 6) is 0.914. The Hall–Kier alpha value is -1.97. The van der Waals surface area contributed by atoms with Crippen LogP contribution in [0.3, 0.4) is 0 Å². The van der Waals surface area contributed by atoms with Gasteiger partial charge >= 0.3 is 0 Å². The molecule has 1 saturated carbocycles. The molecule has 0 spiro atoms. The fourth-order valence-corrected chi connectivity index (χ4v) is 3.37. The van der Waals surface area contributed by atoms with Gasteiger partial charge in [-0.2, -0.15) is 4.98 Å². The molecule has 23 heavy (non-hydrogen) atoms. The normalized spacial score (nSPS) is 16.8. The third kappa shape index (κ3) is 2.71. The van der Waals surface area contributed by atoms with Gasteiger partial charge in [0, 0.05) is 5.56 Å². The zero-order chi connectivity index (χ0) is 16.7. The van der Waals surface area contributed by atoms with Gasteiger partial charge in [0.2, 0.25) is 10.0 Å². The summed E-state index contributed by atoms with van der Waals surface area (Å²) in [6.45, 7) is 0. The predicted molar refractivity (Wildman–Crippen MR) is 82.2 cm³/mol. The van der Waals surface area contributed by atoms with Gasteiger partial charge in [0.1, 0.15) is 10.6 Å². The van der Waals surface area contributed by atoms with Gasteiger partial charge in [-0.15, -0.1) is 0 Å². The number of nitrogens with zero attached hydrogens (tertiary/aromatic N) is 2. The van der Waals surface area contributed by atoms with Crippen LogP contribution in [0.1, 0.15) is 25.1 Å². The summed E-state index contributed by atoms with van der Waals surface area (Å²) in [4.78, 5) is 4.33. The first kappa shape index (κ1) is 15.9. The van der Waals surface area contributed by atoms with Gasteiger partial charge in [-0.05, 0) is 44.5 Å². The smallest absolute Gasteiger partial charge is 0.258 e. The standard InChI is InChI=1S/C14H18N4O4S/c1-16-23(19,20)11-8-9(4-5-10(11)21-2)12-17-13(18-22-12)14(15)6-3-7-14/h4-5,8,16H,3,6-7,15H2,1-2H3. The summed E-state index contributed by atoms with van der Waals surface area (Å²) in [7, 11) is -0.936. The first-order chi connectivity index (χ1) is 10.9. The van der Waals surface area contributed by atoms with Crippen molar-refractivity contribution in [3.8, 4) is 17.2 Å². The van der Waals surface area contributed by atoms with Crippen LogP contribution in [0.4, 0.5) is 0 Å². The third-order valence-electron chi connectivity index (χ3n) is 4.09. The monoisotopic (exact) mass is 338 g/mol. The largest absolute Gasteiger partial charge is 0.495 e. The average Bonchev–Trinajstić information content (AvgIpc) is 3.02. The number of hydrogen-bond acceptors (Lipinski definition) is 7. The highest BCUT2D eigenvalue weighted by atomic mass is 32.2. The quantitative estimate of drug-likeness (QED) is 0.834. The van der Waals surface area contributed by atoms with E-state index in [1.54, 1.807) is 12.1 Å². The van der Waals surface area contributed by atoms with E-state index in [1.807, 2.05) is 0 Å². The molecule has 0 unspecified atom stereocenters. The van der Waals surface area contributed by atoms with Crippen LogP contribution < -0.4 is 15.2 Å². The molecule has 1 heterocycles. The summed E-state index contributed by atoms with van der Waals surface area (Å²) in [5.41, 5.74) is 6.12. The Morgan fingerprint density at radius 1 is 1.39 bits per heavy atom. The molecule has 0 bridgehead atoms. The van der Waals surface area contributed by atoms with E-state index in [1.165, 1.54) is 20.2 Å². The number of methoxy groups -OCH3 is 1. The van der Waals surface area contributed by atoms with Crippen molar-refractivity contribution in [3.63, 3.8) is 0 Å². The number of ether oxygens (including phenoxy) is 1. The molecule has 3 N–H and O–H groups in total. The Kier molecular flexibility index (Phi) is 3.86. The number of sulfonamides is 1. The van der Waals surface area contributed by atoms with E-state index in [9.17, 15) is 8.42 Å². The SMILES string of the molecule is CNS(=O)(=O)c1cc(-c2nc(C3(N)CCC3)no2)ccc1OC. The van der Waals surface area contributed by atoms with Crippen LogP contribution in [0.15, 0.2) is 27.6 Å². The maximum Gasteiger partial charge on any atom is 0.258 e. The van der Waals surface area contributed by atoms with Gasteiger partial charge in [-0.1, -0.05) is 5.16 Å². The minimum atomic E-state index is -3.68. The van der Waals surface area contributed by atoms with Crippen LogP contribution in [-0.4, -0.2) is 32.7 Å². The molecular weight excluding hydrogens is 320 g/mol. The van der Waals surface area contributed by atoms with E-state index >= 15 is 0 Å². The Morgan fingerprint density at radius 3 is 2.70 bits per heavy atom. The summed E-state index contributed by atoms with van der Waals surface area (Å²) >= 11 is 0. The average molecular weight is 338 g/mol. The van der Waals surface area contributed by atoms with Crippen molar-refractivity contribution in [1.82, 2.24) is 14.9 Å². The fourth-order valence-electron chi connectivity index (χ4n) is 2.45. The van der Waals surface area contributed by atoms with Gasteiger partial charge < -0.3 is 15.0 Å². The van der Waals surface area contributed by atoms with Crippen molar-refractivity contribution in [2.75, 3.05) is 14.2 Å². The molecule has 1 aliphatic rings. The van der Waals surface area contributed by atoms with Crippen LogP contribution in [-0.2, 0) is 15.6 Å². The molecule has 9 heteroatoms. The highest BCUT2D eigenvalue weighted by Gasteiger charge is 2.39. The molecule has 8 nitrogen and oxygen atoms in total. The highest BCUT2D eigenvalue weighted by molar-refractivity contribution is 7.89. The van der Waals surface area contributed by atoms with E-state index in [4.69, 9.17) is 15.0 Å². The second-order valence-electron chi connectivity index (χ2n) is 5.51. The van der Waals surface area contributed by atoms with Gasteiger partial charge in [0.25, 0.3) is 5.89 Å². The minimum Gasteiger partial charge on any atom is -0.495 e. The number of nitrogens with two attached hydrogens (primary N) is 1. The Balaban J connectivity index is 2.02. The van der Waals surface area contributed by atoms with Crippen molar-refractivity contribution in [2.45, 2.75) is 29.7 Å². The molecule has 0 saturated heterocycles. The molecule has 2 aromatic rings. The number of nitrogens with one attached hydrogen (secondary N) is 1. The number of rotatable bonds is 5. The molecule has 124 valence electrons. The van der Waals surface area contributed by atoms with E-state index < -0.39 is 15.6 Å². The van der Waals surface area contributed by atoms with Crippen LogP contribution in [0.2, 0.25) is 0 Å². The molecule has 0 radical (unpaired) electrons. The summed E-state index contributed by atoms with van der Waals surface area (Å²) < 4.78 is 36.8. The number of benzene rings is 1. The lowest BCUT2D eigenvalue weighted by atomic mass is 9.77. The fraction of sp³-hybridized carbons (Fsp3) is 0.429. The Bertz CT molecular complexity index is 827. The molecule has 1 fully saturated rings. The Labute approximate surface area is 134 Å². The molecule has 0 aliphatic heterocycles. The van der Waals surface area contributed by atoms with Gasteiger partial charge in [0.15, 0.2) is 5.82 Å². The van der Waals surface area contributed by atoms with Gasteiger partial charge in [-0.25, -0.2) is 13.1 Å². The summed E-state index contributed by atoms with van der Waals surface area (Å²) in [6, 6.07) is 4.64. The molecule has 1 aromatic carbocycles. The molecule has 0 atom stereocenters. The molecule has 3 rings (SSSR count). The molecule has 1 aliphatic carbocycles. The first-order valence-electron chi connectivity index (χ1n) is 7.15. The lowest BCUT2D eigenvalue weighted by molar-refractivity contribution is 0.229. The van der Waals surface area contributed by atoms with E-state index in [0.717, 1.165) is 19.3 Å². The zero-order valence-corrected chi connectivity index (χ0v) is 13.7. The van der Waals surface area contributed by atoms with Crippen molar-refractivity contribution in [1.29, 1.82) is 0 Å². The Morgan fingerprint density at radius 2 is 2.13 bits per heavy atom. The van der Waals surface area contributed by atoms with E-state index in [2.05, 4.69) is 14.9 Å². The van der Waals surface area contributed by atoms with Gasteiger partial charge in [0.05, 0.1) is 12.6 Å². The topological polar surface area (TPSA) is 120 Å². The van der Waals surface area contributed by atoms with E-state index in [-0.39, 0.29) is 16.5 Å². The number of aromatic nitrogens is 2. The van der Waals surface area contributed by atoms with Crippen molar-refractivity contribution in [2.24, 2.45) is 5.73 Å². The van der Waals surface area contributed by atoms with Crippen LogP contribution >= 0.6 is 0 Å². The van der Waals surface area contributed by atoms with Crippen molar-refractivity contribution >= 4 is 10.0 Å². The maximum atomic E-state index is 12.1. The zero-order valence-electron chi connectivity index (χ0n) is 12.9. The van der Waals surface area contributed by atoms with Crippen LogP contribution in [0.5, 0.6) is 5.75 Å². The molecular formula is C14H18N4O4S. The van der Waals surface area contributed by atoms with E-state index in [0.29, 0.717) is 11.4 Å². The highest BCUT2D eigenvalue weighted by Crippen LogP contribution is 2.38. The molecule has 0 amide bonds. The second-order valence-corrected chi connectivity index (χ2v) is 7.36. The van der Waals surface area contributed by atoms with Crippen molar-refractivity contribution in [3.05, 3.63) is 24.0 Å². The number of hydrogen-bond donors (Lipinski definition) is 2. The second kappa shape index (κ2) is 5.59. The van der Waals surface area contributed by atoms with Crippen LogP contribution in [0.25, 0.3) is 11.5 Å².